The maximum Gasteiger partial charge on any atom is 0.267 e. The van der Waals surface area contributed by atoms with Crippen LogP contribution in [-0.2, 0) is 6.54 Å². The minimum Gasteiger partial charge on any atom is -0.298 e. The molecule has 1 rings (SSSR count). The average molecular weight is 305 g/mol. The summed E-state index contributed by atoms with van der Waals surface area (Å²) in [5.74, 6) is 1.23. The molecular formula is C11H17BrN2OS. The van der Waals surface area contributed by atoms with Crippen molar-refractivity contribution in [1.82, 2.24) is 9.55 Å². The van der Waals surface area contributed by atoms with Gasteiger partial charge in [0, 0.05) is 6.54 Å². The standard InChI is InChI=1S/C11H17BrN2OS/c1-3-4-9(6-16)5-14-7-13-8(2)10(12)11(14)15/h7,9,16H,3-6H2,1-2H3. The van der Waals surface area contributed by atoms with Crippen LogP contribution in [0.4, 0.5) is 0 Å². The molecule has 0 bridgehead atoms. The fourth-order valence-corrected chi connectivity index (χ4v) is 2.23. The van der Waals surface area contributed by atoms with Crippen LogP contribution in [0.25, 0.3) is 0 Å². The van der Waals surface area contributed by atoms with Gasteiger partial charge in [-0.25, -0.2) is 4.98 Å². The topological polar surface area (TPSA) is 34.9 Å². The van der Waals surface area contributed by atoms with Crippen molar-refractivity contribution >= 4 is 28.6 Å². The molecular weight excluding hydrogens is 288 g/mol. The van der Waals surface area contributed by atoms with Gasteiger partial charge in [0.15, 0.2) is 0 Å². The van der Waals surface area contributed by atoms with E-state index in [1.807, 2.05) is 6.92 Å². The number of aromatic nitrogens is 2. The summed E-state index contributed by atoms with van der Waals surface area (Å²) >= 11 is 7.58. The first-order valence-electron chi connectivity index (χ1n) is 5.42. The van der Waals surface area contributed by atoms with Crippen molar-refractivity contribution in [3.63, 3.8) is 0 Å². The monoisotopic (exact) mass is 304 g/mol. The third-order valence-electron chi connectivity index (χ3n) is 2.57. The molecule has 0 radical (unpaired) electrons. The summed E-state index contributed by atoms with van der Waals surface area (Å²) < 4.78 is 2.22. The van der Waals surface area contributed by atoms with Crippen molar-refractivity contribution < 1.29 is 0 Å². The summed E-state index contributed by atoms with van der Waals surface area (Å²) in [5.41, 5.74) is 0.731. The lowest BCUT2D eigenvalue weighted by Crippen LogP contribution is -2.26. The normalized spacial score (nSPS) is 12.8. The lowest BCUT2D eigenvalue weighted by atomic mass is 10.1. The fraction of sp³-hybridized carbons (Fsp3) is 0.636. The van der Waals surface area contributed by atoms with Crippen molar-refractivity contribution in [1.29, 1.82) is 0 Å². The molecule has 0 aromatic carbocycles. The molecule has 0 aliphatic carbocycles. The lowest BCUT2D eigenvalue weighted by molar-refractivity contribution is 0.441. The SMILES string of the molecule is CCCC(CS)Cn1cnc(C)c(Br)c1=O. The zero-order chi connectivity index (χ0) is 12.1. The molecule has 0 saturated carbocycles. The molecule has 0 aliphatic heterocycles. The van der Waals surface area contributed by atoms with Gasteiger partial charge in [0.1, 0.15) is 4.47 Å². The Morgan fingerprint density at radius 3 is 2.88 bits per heavy atom. The van der Waals surface area contributed by atoms with Gasteiger partial charge in [-0.3, -0.25) is 9.36 Å². The van der Waals surface area contributed by atoms with E-state index in [1.54, 1.807) is 10.9 Å². The molecule has 3 nitrogen and oxygen atoms in total. The molecule has 0 amide bonds. The molecule has 5 heteroatoms. The molecule has 16 heavy (non-hydrogen) atoms. The summed E-state index contributed by atoms with van der Waals surface area (Å²) in [6.45, 7) is 4.66. The van der Waals surface area contributed by atoms with Crippen LogP contribution in [0.5, 0.6) is 0 Å². The van der Waals surface area contributed by atoms with Crippen LogP contribution in [0.3, 0.4) is 0 Å². The third kappa shape index (κ3) is 3.35. The van der Waals surface area contributed by atoms with E-state index in [-0.39, 0.29) is 5.56 Å². The largest absolute Gasteiger partial charge is 0.298 e. The third-order valence-corrected chi connectivity index (χ3v) is 4.00. The van der Waals surface area contributed by atoms with Gasteiger partial charge in [0.05, 0.1) is 12.0 Å². The van der Waals surface area contributed by atoms with Gasteiger partial charge in [-0.05, 0) is 40.9 Å². The first-order chi connectivity index (χ1) is 7.60. The molecule has 1 heterocycles. The lowest BCUT2D eigenvalue weighted by Gasteiger charge is -2.15. The van der Waals surface area contributed by atoms with Crippen LogP contribution in [0, 0.1) is 12.8 Å². The van der Waals surface area contributed by atoms with E-state index < -0.39 is 0 Å². The second-order valence-corrected chi connectivity index (χ2v) is 5.10. The minimum absolute atomic E-state index is 0.00427. The first-order valence-corrected chi connectivity index (χ1v) is 6.85. The first kappa shape index (κ1) is 13.8. The fourth-order valence-electron chi connectivity index (χ4n) is 1.60. The molecule has 1 atom stereocenters. The van der Waals surface area contributed by atoms with E-state index >= 15 is 0 Å². The summed E-state index contributed by atoms with van der Waals surface area (Å²) in [6, 6.07) is 0. The Labute approximate surface area is 110 Å². The van der Waals surface area contributed by atoms with E-state index in [0.29, 0.717) is 16.9 Å². The van der Waals surface area contributed by atoms with Gasteiger partial charge in [-0.1, -0.05) is 13.3 Å². The number of aryl methyl sites for hydroxylation is 1. The zero-order valence-electron chi connectivity index (χ0n) is 9.61. The summed E-state index contributed by atoms with van der Waals surface area (Å²) in [7, 11) is 0. The quantitative estimate of drug-likeness (QED) is 0.849. The molecule has 90 valence electrons. The molecule has 1 aromatic rings. The Hall–Kier alpha value is -0.290. The van der Waals surface area contributed by atoms with Crippen LogP contribution in [0.2, 0.25) is 0 Å². The number of nitrogens with zero attached hydrogens (tertiary/aromatic N) is 2. The minimum atomic E-state index is -0.00427. The Kier molecular flexibility index (Phi) is 5.55. The van der Waals surface area contributed by atoms with Crippen molar-refractivity contribution in [2.75, 3.05) is 5.75 Å². The second-order valence-electron chi connectivity index (χ2n) is 3.94. The van der Waals surface area contributed by atoms with Gasteiger partial charge < -0.3 is 0 Å². The number of hydrogen-bond acceptors (Lipinski definition) is 3. The van der Waals surface area contributed by atoms with Crippen LogP contribution < -0.4 is 5.56 Å². The van der Waals surface area contributed by atoms with Gasteiger partial charge in [0.2, 0.25) is 0 Å². The molecule has 0 spiro atoms. The van der Waals surface area contributed by atoms with E-state index in [9.17, 15) is 4.79 Å². The maximum absolute atomic E-state index is 11.9. The van der Waals surface area contributed by atoms with E-state index in [4.69, 9.17) is 0 Å². The Morgan fingerprint density at radius 1 is 1.62 bits per heavy atom. The van der Waals surface area contributed by atoms with Crippen molar-refractivity contribution in [3.05, 3.63) is 26.8 Å². The predicted octanol–water partition coefficient (Wildman–Crippen LogP) is 2.66. The Bertz CT molecular complexity index is 405. The van der Waals surface area contributed by atoms with Crippen LogP contribution >= 0.6 is 28.6 Å². The highest BCUT2D eigenvalue weighted by molar-refractivity contribution is 9.10. The number of thiol groups is 1. The van der Waals surface area contributed by atoms with Crippen molar-refractivity contribution in [2.24, 2.45) is 5.92 Å². The predicted molar refractivity (Wildman–Crippen MR) is 73.2 cm³/mol. The highest BCUT2D eigenvalue weighted by atomic mass is 79.9. The van der Waals surface area contributed by atoms with Crippen LogP contribution in [0.1, 0.15) is 25.5 Å². The molecule has 0 saturated heterocycles. The van der Waals surface area contributed by atoms with Gasteiger partial charge in [-0.15, -0.1) is 0 Å². The van der Waals surface area contributed by atoms with Crippen molar-refractivity contribution in [3.8, 4) is 0 Å². The Balaban J connectivity index is 2.89. The summed E-state index contributed by atoms with van der Waals surface area (Å²) in [6.07, 6.45) is 3.82. The van der Waals surface area contributed by atoms with Gasteiger partial charge >= 0.3 is 0 Å². The highest BCUT2D eigenvalue weighted by Gasteiger charge is 2.10. The van der Waals surface area contributed by atoms with E-state index in [2.05, 4.69) is 40.5 Å². The molecule has 0 aliphatic rings. The maximum atomic E-state index is 11.9. The zero-order valence-corrected chi connectivity index (χ0v) is 12.1. The smallest absolute Gasteiger partial charge is 0.267 e. The van der Waals surface area contributed by atoms with Crippen molar-refractivity contribution in [2.45, 2.75) is 33.2 Å². The van der Waals surface area contributed by atoms with Crippen LogP contribution in [-0.4, -0.2) is 15.3 Å². The van der Waals surface area contributed by atoms with Gasteiger partial charge in [-0.2, -0.15) is 12.6 Å². The molecule has 1 unspecified atom stereocenters. The average Bonchev–Trinajstić information content (AvgIpc) is 2.29. The van der Waals surface area contributed by atoms with Gasteiger partial charge in [0.25, 0.3) is 5.56 Å². The summed E-state index contributed by atoms with van der Waals surface area (Å²) in [5, 5.41) is 0. The molecule has 0 N–H and O–H groups in total. The second kappa shape index (κ2) is 6.45. The number of hydrogen-bond donors (Lipinski definition) is 1. The molecule has 0 fully saturated rings. The number of halogens is 1. The van der Waals surface area contributed by atoms with E-state index in [1.165, 1.54) is 0 Å². The van der Waals surface area contributed by atoms with E-state index in [0.717, 1.165) is 24.3 Å². The highest BCUT2D eigenvalue weighted by Crippen LogP contribution is 2.12. The number of rotatable bonds is 5. The summed E-state index contributed by atoms with van der Waals surface area (Å²) in [4.78, 5) is 16.1. The molecule has 1 aromatic heterocycles. The Morgan fingerprint density at radius 2 is 2.31 bits per heavy atom. The van der Waals surface area contributed by atoms with Crippen LogP contribution in [0.15, 0.2) is 15.6 Å².